The highest BCUT2D eigenvalue weighted by Crippen LogP contribution is 2.16. The molecule has 74 valence electrons. The summed E-state index contributed by atoms with van der Waals surface area (Å²) in [7, 11) is 0. The average Bonchev–Trinajstić information content (AvgIpc) is 2.19. The molecule has 0 amide bonds. The summed E-state index contributed by atoms with van der Waals surface area (Å²) in [5.74, 6) is 0.0303. The number of carbonyl (C=O) groups excluding carboxylic acids is 2. The van der Waals surface area contributed by atoms with E-state index in [1.54, 1.807) is 24.3 Å². The van der Waals surface area contributed by atoms with Crippen LogP contribution in [0, 0.1) is 0 Å². The van der Waals surface area contributed by atoms with Crippen molar-refractivity contribution < 1.29 is 14.3 Å². The fraction of sp³-hybridized carbons (Fsp3) is 0.273. The first kappa shape index (κ1) is 10.4. The molecular weight excluding hydrogens is 180 g/mol. The van der Waals surface area contributed by atoms with Gasteiger partial charge in [0.15, 0.2) is 6.29 Å². The molecule has 3 heteroatoms. The SMILES string of the molecule is CCCC(=O)Oc1ccccc1C=O. The molecule has 0 radical (unpaired) electrons. The summed E-state index contributed by atoms with van der Waals surface area (Å²) >= 11 is 0. The Labute approximate surface area is 82.7 Å². The predicted molar refractivity (Wildman–Crippen MR) is 52.4 cm³/mol. The second kappa shape index (κ2) is 5.17. The van der Waals surface area contributed by atoms with Gasteiger partial charge >= 0.3 is 5.97 Å². The monoisotopic (exact) mass is 192 g/mol. The molecule has 0 spiro atoms. The van der Waals surface area contributed by atoms with E-state index in [0.717, 1.165) is 6.42 Å². The highest BCUT2D eigenvalue weighted by atomic mass is 16.5. The smallest absolute Gasteiger partial charge is 0.311 e. The van der Waals surface area contributed by atoms with Crippen molar-refractivity contribution in [2.24, 2.45) is 0 Å². The van der Waals surface area contributed by atoms with Crippen LogP contribution in [0.25, 0.3) is 0 Å². The van der Waals surface area contributed by atoms with Gasteiger partial charge in [-0.05, 0) is 18.6 Å². The van der Waals surface area contributed by atoms with Crippen molar-refractivity contribution in [3.05, 3.63) is 29.8 Å². The number of benzene rings is 1. The van der Waals surface area contributed by atoms with Crippen LogP contribution >= 0.6 is 0 Å². The van der Waals surface area contributed by atoms with Gasteiger partial charge in [-0.15, -0.1) is 0 Å². The van der Waals surface area contributed by atoms with Crippen molar-refractivity contribution >= 4 is 12.3 Å². The van der Waals surface area contributed by atoms with Crippen molar-refractivity contribution in [2.45, 2.75) is 19.8 Å². The van der Waals surface area contributed by atoms with Gasteiger partial charge in [-0.1, -0.05) is 19.1 Å². The van der Waals surface area contributed by atoms with E-state index in [9.17, 15) is 9.59 Å². The minimum Gasteiger partial charge on any atom is -0.426 e. The maximum absolute atomic E-state index is 11.1. The lowest BCUT2D eigenvalue weighted by atomic mass is 10.2. The van der Waals surface area contributed by atoms with Crippen LogP contribution in [0.4, 0.5) is 0 Å². The molecule has 0 fully saturated rings. The van der Waals surface area contributed by atoms with Gasteiger partial charge in [0.25, 0.3) is 0 Å². The predicted octanol–water partition coefficient (Wildman–Crippen LogP) is 2.20. The number of para-hydroxylation sites is 1. The summed E-state index contributed by atoms with van der Waals surface area (Å²) < 4.78 is 5.01. The van der Waals surface area contributed by atoms with Gasteiger partial charge in [0, 0.05) is 6.42 Å². The van der Waals surface area contributed by atoms with Gasteiger partial charge in [-0.3, -0.25) is 9.59 Å². The van der Waals surface area contributed by atoms with Crippen molar-refractivity contribution in [2.75, 3.05) is 0 Å². The van der Waals surface area contributed by atoms with Crippen LogP contribution in [-0.2, 0) is 4.79 Å². The van der Waals surface area contributed by atoms with Crippen LogP contribution in [0.1, 0.15) is 30.1 Å². The Morgan fingerprint density at radius 2 is 2.14 bits per heavy atom. The van der Waals surface area contributed by atoms with Gasteiger partial charge < -0.3 is 4.74 Å². The summed E-state index contributed by atoms with van der Waals surface area (Å²) in [4.78, 5) is 21.7. The second-order valence-corrected chi connectivity index (χ2v) is 2.88. The van der Waals surface area contributed by atoms with Crippen LogP contribution < -0.4 is 4.74 Å². The lowest BCUT2D eigenvalue weighted by Crippen LogP contribution is -2.08. The molecule has 0 aromatic heterocycles. The Morgan fingerprint density at radius 1 is 1.43 bits per heavy atom. The van der Waals surface area contributed by atoms with Crippen LogP contribution in [0.2, 0.25) is 0 Å². The molecule has 0 N–H and O–H groups in total. The molecule has 0 saturated carbocycles. The van der Waals surface area contributed by atoms with E-state index < -0.39 is 0 Å². The molecule has 3 nitrogen and oxygen atoms in total. The fourth-order valence-electron chi connectivity index (χ4n) is 1.05. The van der Waals surface area contributed by atoms with Crippen molar-refractivity contribution in [3.8, 4) is 5.75 Å². The first-order valence-corrected chi connectivity index (χ1v) is 4.52. The Hall–Kier alpha value is -1.64. The number of rotatable bonds is 4. The van der Waals surface area contributed by atoms with Gasteiger partial charge in [-0.2, -0.15) is 0 Å². The highest BCUT2D eigenvalue weighted by molar-refractivity contribution is 5.82. The van der Waals surface area contributed by atoms with Crippen molar-refractivity contribution in [1.82, 2.24) is 0 Å². The van der Waals surface area contributed by atoms with E-state index in [2.05, 4.69) is 0 Å². The fourth-order valence-corrected chi connectivity index (χ4v) is 1.05. The molecule has 0 aliphatic heterocycles. The highest BCUT2D eigenvalue weighted by Gasteiger charge is 2.06. The first-order valence-electron chi connectivity index (χ1n) is 4.52. The molecule has 0 bridgehead atoms. The van der Waals surface area contributed by atoms with Crippen LogP contribution in [0.15, 0.2) is 24.3 Å². The van der Waals surface area contributed by atoms with Gasteiger partial charge in [0.2, 0.25) is 0 Å². The Balaban J connectivity index is 2.75. The molecule has 0 aliphatic rings. The molecule has 0 atom stereocenters. The summed E-state index contributed by atoms with van der Waals surface area (Å²) in [6.45, 7) is 1.90. The molecule has 14 heavy (non-hydrogen) atoms. The number of carbonyl (C=O) groups is 2. The van der Waals surface area contributed by atoms with E-state index in [1.807, 2.05) is 6.92 Å². The third-order valence-corrected chi connectivity index (χ3v) is 1.72. The van der Waals surface area contributed by atoms with Crippen LogP contribution in [0.3, 0.4) is 0 Å². The molecule has 0 aliphatic carbocycles. The van der Waals surface area contributed by atoms with E-state index in [0.29, 0.717) is 24.0 Å². The van der Waals surface area contributed by atoms with E-state index in [4.69, 9.17) is 4.74 Å². The van der Waals surface area contributed by atoms with E-state index in [-0.39, 0.29) is 5.97 Å². The Morgan fingerprint density at radius 3 is 2.79 bits per heavy atom. The quantitative estimate of drug-likeness (QED) is 0.417. The normalized spacial score (nSPS) is 9.50. The van der Waals surface area contributed by atoms with E-state index in [1.165, 1.54) is 0 Å². The summed E-state index contributed by atoms with van der Waals surface area (Å²) in [5.41, 5.74) is 0.400. The van der Waals surface area contributed by atoms with Gasteiger partial charge in [0.05, 0.1) is 5.56 Å². The zero-order valence-electron chi connectivity index (χ0n) is 8.03. The van der Waals surface area contributed by atoms with Gasteiger partial charge in [0.1, 0.15) is 5.75 Å². The number of ether oxygens (including phenoxy) is 1. The number of hydrogen-bond donors (Lipinski definition) is 0. The van der Waals surface area contributed by atoms with Crippen molar-refractivity contribution in [3.63, 3.8) is 0 Å². The molecule has 1 aromatic rings. The second-order valence-electron chi connectivity index (χ2n) is 2.88. The Kier molecular flexibility index (Phi) is 3.85. The number of hydrogen-bond acceptors (Lipinski definition) is 3. The molecular formula is C11H12O3. The maximum atomic E-state index is 11.1. The van der Waals surface area contributed by atoms with Crippen molar-refractivity contribution in [1.29, 1.82) is 0 Å². The lowest BCUT2D eigenvalue weighted by Gasteiger charge is -2.04. The van der Waals surface area contributed by atoms with Gasteiger partial charge in [-0.25, -0.2) is 0 Å². The van der Waals surface area contributed by atoms with E-state index >= 15 is 0 Å². The number of esters is 1. The first-order chi connectivity index (χ1) is 6.77. The summed E-state index contributed by atoms with van der Waals surface area (Å²) in [5, 5.41) is 0. The molecule has 1 aromatic carbocycles. The molecule has 0 heterocycles. The minimum absolute atomic E-state index is 0.304. The number of aldehydes is 1. The molecule has 0 saturated heterocycles. The van der Waals surface area contributed by atoms with Crippen LogP contribution in [-0.4, -0.2) is 12.3 Å². The van der Waals surface area contributed by atoms with Crippen LogP contribution in [0.5, 0.6) is 5.75 Å². The zero-order valence-corrected chi connectivity index (χ0v) is 8.03. The largest absolute Gasteiger partial charge is 0.426 e. The average molecular weight is 192 g/mol. The zero-order chi connectivity index (χ0) is 10.4. The molecule has 1 rings (SSSR count). The topological polar surface area (TPSA) is 43.4 Å². The summed E-state index contributed by atoms with van der Waals surface area (Å²) in [6, 6.07) is 6.67. The third kappa shape index (κ3) is 2.69. The Bertz CT molecular complexity index is 331. The summed E-state index contributed by atoms with van der Waals surface area (Å²) in [6.07, 6.45) is 1.78. The lowest BCUT2D eigenvalue weighted by molar-refractivity contribution is -0.134. The standard InChI is InChI=1S/C11H12O3/c1-2-5-11(13)14-10-7-4-3-6-9(10)8-12/h3-4,6-8H,2,5H2,1H3. The molecule has 0 unspecified atom stereocenters. The third-order valence-electron chi connectivity index (χ3n) is 1.72. The maximum Gasteiger partial charge on any atom is 0.311 e. The minimum atomic E-state index is -0.304.